The Morgan fingerprint density at radius 3 is 2.72 bits per heavy atom. The molecule has 0 bridgehead atoms. The minimum Gasteiger partial charge on any atom is -0.346 e. The molecule has 1 fully saturated rings. The van der Waals surface area contributed by atoms with Crippen LogP contribution in [0.25, 0.3) is 0 Å². The summed E-state index contributed by atoms with van der Waals surface area (Å²) in [4.78, 5) is 25.4. The number of rotatable bonds is 2. The van der Waals surface area contributed by atoms with E-state index in [-0.39, 0.29) is 17.7 Å². The van der Waals surface area contributed by atoms with Gasteiger partial charge >= 0.3 is 0 Å². The maximum absolute atomic E-state index is 12.3. The lowest BCUT2D eigenvalue weighted by Crippen LogP contribution is -2.46. The standard InChI is InChI=1S/C13H19N3O2/c1-9(17)10-6-12(15(2)7-10)13(18)16-5-3-4-11(14)8-16/h6-7,11H,3-5,8,14H2,1-2H3. The number of aryl methyl sites for hydroxylation is 1. The van der Waals surface area contributed by atoms with Crippen LogP contribution in [0.4, 0.5) is 0 Å². The average molecular weight is 249 g/mol. The van der Waals surface area contributed by atoms with E-state index in [4.69, 9.17) is 5.73 Å². The van der Waals surface area contributed by atoms with E-state index in [2.05, 4.69) is 0 Å². The molecule has 1 amide bonds. The van der Waals surface area contributed by atoms with Gasteiger partial charge in [0.25, 0.3) is 5.91 Å². The van der Waals surface area contributed by atoms with Crippen molar-refractivity contribution in [3.05, 3.63) is 23.5 Å². The van der Waals surface area contributed by atoms with Crippen LogP contribution in [-0.2, 0) is 7.05 Å². The summed E-state index contributed by atoms with van der Waals surface area (Å²) < 4.78 is 1.71. The first-order chi connectivity index (χ1) is 8.49. The molecule has 0 aromatic carbocycles. The Balaban J connectivity index is 2.20. The van der Waals surface area contributed by atoms with Gasteiger partial charge in [-0.2, -0.15) is 0 Å². The fourth-order valence-electron chi connectivity index (χ4n) is 2.33. The second-order valence-electron chi connectivity index (χ2n) is 4.93. The van der Waals surface area contributed by atoms with Crippen molar-refractivity contribution in [3.63, 3.8) is 0 Å². The topological polar surface area (TPSA) is 68.3 Å². The van der Waals surface area contributed by atoms with Crippen molar-refractivity contribution >= 4 is 11.7 Å². The first-order valence-corrected chi connectivity index (χ1v) is 6.21. The highest BCUT2D eigenvalue weighted by Gasteiger charge is 2.24. The number of piperidine rings is 1. The van der Waals surface area contributed by atoms with E-state index < -0.39 is 0 Å². The Hall–Kier alpha value is -1.62. The third-order valence-corrected chi connectivity index (χ3v) is 3.38. The van der Waals surface area contributed by atoms with Crippen molar-refractivity contribution in [2.45, 2.75) is 25.8 Å². The van der Waals surface area contributed by atoms with Gasteiger partial charge in [-0.1, -0.05) is 0 Å². The number of ketones is 1. The number of hydrogen-bond donors (Lipinski definition) is 1. The second kappa shape index (κ2) is 4.94. The molecule has 1 unspecified atom stereocenters. The Labute approximate surface area is 107 Å². The molecule has 1 aliphatic heterocycles. The summed E-state index contributed by atoms with van der Waals surface area (Å²) in [6, 6.07) is 1.72. The Morgan fingerprint density at radius 2 is 2.17 bits per heavy atom. The molecule has 1 atom stereocenters. The van der Waals surface area contributed by atoms with E-state index in [0.717, 1.165) is 19.4 Å². The summed E-state index contributed by atoms with van der Waals surface area (Å²) >= 11 is 0. The maximum atomic E-state index is 12.3. The van der Waals surface area contributed by atoms with Crippen LogP contribution in [0.5, 0.6) is 0 Å². The third kappa shape index (κ3) is 2.46. The molecule has 0 spiro atoms. The first-order valence-electron chi connectivity index (χ1n) is 6.21. The number of carbonyl (C=O) groups excluding carboxylic acids is 2. The van der Waals surface area contributed by atoms with Gasteiger partial charge in [0.1, 0.15) is 5.69 Å². The molecule has 0 aliphatic carbocycles. The second-order valence-corrected chi connectivity index (χ2v) is 4.93. The van der Waals surface area contributed by atoms with Gasteiger partial charge in [-0.3, -0.25) is 9.59 Å². The smallest absolute Gasteiger partial charge is 0.270 e. The van der Waals surface area contributed by atoms with Crippen LogP contribution in [0.1, 0.15) is 40.6 Å². The van der Waals surface area contributed by atoms with Gasteiger partial charge < -0.3 is 15.2 Å². The summed E-state index contributed by atoms with van der Waals surface area (Å²) in [7, 11) is 1.78. The fraction of sp³-hybridized carbons (Fsp3) is 0.538. The SMILES string of the molecule is CC(=O)c1cc(C(=O)N2CCCC(N)C2)n(C)c1. The molecule has 0 saturated carbocycles. The predicted octanol–water partition coefficient (Wildman–Crippen LogP) is 0.791. The molecule has 2 heterocycles. The lowest BCUT2D eigenvalue weighted by Gasteiger charge is -2.30. The summed E-state index contributed by atoms with van der Waals surface area (Å²) in [6.07, 6.45) is 3.60. The highest BCUT2D eigenvalue weighted by Crippen LogP contribution is 2.15. The number of nitrogens with two attached hydrogens (primary N) is 1. The number of carbonyl (C=O) groups is 2. The van der Waals surface area contributed by atoms with E-state index in [1.807, 2.05) is 0 Å². The molecular formula is C13H19N3O2. The van der Waals surface area contributed by atoms with E-state index in [1.54, 1.807) is 28.8 Å². The van der Waals surface area contributed by atoms with Crippen LogP contribution in [0.3, 0.4) is 0 Å². The summed E-state index contributed by atoms with van der Waals surface area (Å²) in [6.45, 7) is 2.84. The van der Waals surface area contributed by atoms with Crippen molar-refractivity contribution in [2.24, 2.45) is 12.8 Å². The molecule has 2 N–H and O–H groups in total. The fourth-order valence-corrected chi connectivity index (χ4v) is 2.33. The third-order valence-electron chi connectivity index (χ3n) is 3.38. The maximum Gasteiger partial charge on any atom is 0.270 e. The van der Waals surface area contributed by atoms with E-state index >= 15 is 0 Å². The molecule has 2 rings (SSSR count). The number of aromatic nitrogens is 1. The van der Waals surface area contributed by atoms with Crippen LogP contribution in [-0.4, -0.2) is 40.3 Å². The molecule has 5 nitrogen and oxygen atoms in total. The number of likely N-dealkylation sites (tertiary alicyclic amines) is 1. The van der Waals surface area contributed by atoms with Crippen LogP contribution in [0, 0.1) is 0 Å². The Bertz CT molecular complexity index is 479. The van der Waals surface area contributed by atoms with Crippen molar-refractivity contribution in [1.29, 1.82) is 0 Å². The molecule has 18 heavy (non-hydrogen) atoms. The molecule has 1 aromatic rings. The highest BCUT2D eigenvalue weighted by atomic mass is 16.2. The molecular weight excluding hydrogens is 230 g/mol. The Kier molecular flexibility index (Phi) is 3.52. The van der Waals surface area contributed by atoms with Crippen molar-refractivity contribution < 1.29 is 9.59 Å². The molecule has 1 saturated heterocycles. The minimum atomic E-state index is -0.0415. The van der Waals surface area contributed by atoms with Crippen LogP contribution in [0.2, 0.25) is 0 Å². The zero-order valence-corrected chi connectivity index (χ0v) is 10.8. The Morgan fingerprint density at radius 1 is 1.44 bits per heavy atom. The number of hydrogen-bond acceptors (Lipinski definition) is 3. The number of amides is 1. The number of Topliss-reactive ketones (excluding diaryl/α,β-unsaturated/α-hetero) is 1. The van der Waals surface area contributed by atoms with Crippen LogP contribution < -0.4 is 5.73 Å². The van der Waals surface area contributed by atoms with E-state index in [1.165, 1.54) is 6.92 Å². The largest absolute Gasteiger partial charge is 0.346 e. The molecule has 1 aliphatic rings. The quantitative estimate of drug-likeness (QED) is 0.788. The summed E-state index contributed by atoms with van der Waals surface area (Å²) in [5.74, 6) is -0.0693. The van der Waals surface area contributed by atoms with Gasteiger partial charge in [0.15, 0.2) is 5.78 Å². The first kappa shape index (κ1) is 12.8. The zero-order valence-electron chi connectivity index (χ0n) is 10.8. The number of nitrogens with zero attached hydrogens (tertiary/aromatic N) is 2. The lowest BCUT2D eigenvalue weighted by atomic mass is 10.1. The molecule has 0 radical (unpaired) electrons. The van der Waals surface area contributed by atoms with Crippen LogP contribution in [0.15, 0.2) is 12.3 Å². The molecule has 5 heteroatoms. The average Bonchev–Trinajstić information content (AvgIpc) is 2.70. The van der Waals surface area contributed by atoms with E-state index in [9.17, 15) is 9.59 Å². The van der Waals surface area contributed by atoms with E-state index in [0.29, 0.717) is 17.8 Å². The van der Waals surface area contributed by atoms with Gasteiger partial charge in [-0.25, -0.2) is 0 Å². The highest BCUT2D eigenvalue weighted by molar-refractivity contribution is 5.99. The monoisotopic (exact) mass is 249 g/mol. The van der Waals surface area contributed by atoms with Crippen molar-refractivity contribution in [2.75, 3.05) is 13.1 Å². The normalized spacial score (nSPS) is 19.9. The van der Waals surface area contributed by atoms with Crippen molar-refractivity contribution in [1.82, 2.24) is 9.47 Å². The van der Waals surface area contributed by atoms with Crippen LogP contribution >= 0.6 is 0 Å². The van der Waals surface area contributed by atoms with Gasteiger partial charge in [-0.15, -0.1) is 0 Å². The zero-order chi connectivity index (χ0) is 13.3. The minimum absolute atomic E-state index is 0.0278. The summed E-state index contributed by atoms with van der Waals surface area (Å²) in [5.41, 5.74) is 7.00. The lowest BCUT2D eigenvalue weighted by molar-refractivity contribution is 0.0699. The molecule has 98 valence electrons. The molecule has 1 aromatic heterocycles. The van der Waals surface area contributed by atoms with Crippen molar-refractivity contribution in [3.8, 4) is 0 Å². The van der Waals surface area contributed by atoms with Gasteiger partial charge in [0.05, 0.1) is 0 Å². The van der Waals surface area contributed by atoms with Gasteiger partial charge in [0, 0.05) is 37.9 Å². The van der Waals surface area contributed by atoms with Gasteiger partial charge in [-0.05, 0) is 25.8 Å². The van der Waals surface area contributed by atoms with Gasteiger partial charge in [0.2, 0.25) is 0 Å². The summed E-state index contributed by atoms with van der Waals surface area (Å²) in [5, 5.41) is 0. The predicted molar refractivity (Wildman–Crippen MR) is 68.5 cm³/mol.